The zero-order valence-electron chi connectivity index (χ0n) is 26.7. The van der Waals surface area contributed by atoms with Crippen molar-refractivity contribution in [1.29, 1.82) is 0 Å². The molecular weight excluding hydrogens is 607 g/mol. The maximum Gasteiger partial charge on any atom is 0.264 e. The highest BCUT2D eigenvalue weighted by atomic mass is 32.2. The van der Waals surface area contributed by atoms with E-state index < -0.39 is 28.5 Å². The lowest BCUT2D eigenvalue weighted by atomic mass is 9.95. The van der Waals surface area contributed by atoms with Crippen molar-refractivity contribution < 1.29 is 22.7 Å². The minimum absolute atomic E-state index is 0.0620. The summed E-state index contributed by atoms with van der Waals surface area (Å²) in [5.41, 5.74) is 2.14. The summed E-state index contributed by atoms with van der Waals surface area (Å²) in [6.07, 6.45) is 7.44. The Morgan fingerprint density at radius 3 is 2.27 bits per heavy atom. The van der Waals surface area contributed by atoms with Crippen LogP contribution in [0, 0.1) is 6.92 Å². The van der Waals surface area contributed by atoms with Crippen LogP contribution in [-0.4, -0.2) is 56.6 Å². The predicted octanol–water partition coefficient (Wildman–Crippen LogP) is 6.57. The van der Waals surface area contributed by atoms with Crippen molar-refractivity contribution >= 4 is 39.3 Å². The highest BCUT2D eigenvalue weighted by Gasteiger charge is 2.35. The van der Waals surface area contributed by atoms with Crippen molar-refractivity contribution in [2.45, 2.75) is 87.7 Å². The fourth-order valence-corrected chi connectivity index (χ4v) is 7.60. The van der Waals surface area contributed by atoms with Gasteiger partial charge in [-0.1, -0.05) is 62.6 Å². The number of para-hydroxylation sites is 2. The standard InChI is InChI=1S/C35H45N3O5S2/c1-5-31(35(40)36-28-16-8-7-9-17-28)37(24-27-15-11-10-14-26(27)3)34(39)25-38(32-18-12-13-19-33(32)43-6-2)45(41,42)30-22-20-29(44-4)21-23-30/h10-15,18-23,28,31H,5-9,16-17,24-25H2,1-4H3,(H,36,40)/t31-/m1/s1. The molecule has 242 valence electrons. The van der Waals surface area contributed by atoms with Crippen LogP contribution in [0.3, 0.4) is 0 Å². The molecule has 1 saturated carbocycles. The number of thioether (sulfide) groups is 1. The van der Waals surface area contributed by atoms with E-state index in [1.165, 1.54) is 11.8 Å². The fraction of sp³-hybridized carbons (Fsp3) is 0.429. The van der Waals surface area contributed by atoms with E-state index in [4.69, 9.17) is 4.74 Å². The predicted molar refractivity (Wildman–Crippen MR) is 181 cm³/mol. The second-order valence-electron chi connectivity index (χ2n) is 11.3. The largest absolute Gasteiger partial charge is 0.492 e. The molecule has 0 unspecified atom stereocenters. The Morgan fingerprint density at radius 2 is 1.62 bits per heavy atom. The average molecular weight is 652 g/mol. The monoisotopic (exact) mass is 651 g/mol. The number of aryl methyl sites for hydroxylation is 1. The minimum atomic E-state index is -4.21. The number of anilines is 1. The van der Waals surface area contributed by atoms with Crippen molar-refractivity contribution in [2.75, 3.05) is 23.7 Å². The highest BCUT2D eigenvalue weighted by molar-refractivity contribution is 7.98. The molecular formula is C35H45N3O5S2. The van der Waals surface area contributed by atoms with Gasteiger partial charge in [0, 0.05) is 17.5 Å². The molecule has 45 heavy (non-hydrogen) atoms. The zero-order valence-corrected chi connectivity index (χ0v) is 28.3. The third-order valence-electron chi connectivity index (χ3n) is 8.30. The van der Waals surface area contributed by atoms with Crippen molar-refractivity contribution in [3.63, 3.8) is 0 Å². The first-order chi connectivity index (χ1) is 21.7. The molecule has 2 amide bonds. The third-order valence-corrected chi connectivity index (χ3v) is 10.8. The number of amides is 2. The number of hydrogen-bond donors (Lipinski definition) is 1. The molecule has 10 heteroatoms. The molecule has 0 aliphatic heterocycles. The number of nitrogens with zero attached hydrogens (tertiary/aromatic N) is 2. The molecule has 0 bridgehead atoms. The molecule has 3 aromatic rings. The van der Waals surface area contributed by atoms with Crippen molar-refractivity contribution in [3.05, 3.63) is 83.9 Å². The molecule has 1 aliphatic rings. The lowest BCUT2D eigenvalue weighted by Gasteiger charge is -2.35. The Hall–Kier alpha value is -3.50. The van der Waals surface area contributed by atoms with E-state index in [1.807, 2.05) is 51.3 Å². The van der Waals surface area contributed by atoms with Gasteiger partial charge in [0.15, 0.2) is 0 Å². The Kier molecular flexibility index (Phi) is 12.4. The van der Waals surface area contributed by atoms with Crippen LogP contribution in [0.1, 0.15) is 63.5 Å². The molecule has 1 aliphatic carbocycles. The number of nitrogens with one attached hydrogen (secondary N) is 1. The lowest BCUT2D eigenvalue weighted by Crippen LogP contribution is -2.54. The van der Waals surface area contributed by atoms with E-state index in [1.54, 1.807) is 53.4 Å². The Labute approximate surface area is 272 Å². The quantitative estimate of drug-likeness (QED) is 0.198. The van der Waals surface area contributed by atoms with Crippen LogP contribution in [0.25, 0.3) is 0 Å². The molecule has 0 aromatic heterocycles. The molecule has 0 saturated heterocycles. The number of hydrogen-bond acceptors (Lipinski definition) is 6. The highest BCUT2D eigenvalue weighted by Crippen LogP contribution is 2.33. The normalized spacial score (nSPS) is 14.4. The maximum absolute atomic E-state index is 14.5. The Morgan fingerprint density at radius 1 is 0.956 bits per heavy atom. The molecule has 0 radical (unpaired) electrons. The van der Waals surface area contributed by atoms with E-state index in [-0.39, 0.29) is 29.1 Å². The minimum Gasteiger partial charge on any atom is -0.492 e. The number of benzene rings is 3. The van der Waals surface area contributed by atoms with Crippen molar-refractivity contribution in [3.8, 4) is 5.75 Å². The lowest BCUT2D eigenvalue weighted by molar-refractivity contribution is -0.140. The van der Waals surface area contributed by atoms with Gasteiger partial charge < -0.3 is 15.0 Å². The summed E-state index contributed by atoms with van der Waals surface area (Å²) in [6.45, 7) is 5.66. The molecule has 1 atom stereocenters. The summed E-state index contributed by atoms with van der Waals surface area (Å²) in [5.74, 6) is -0.327. The van der Waals surface area contributed by atoms with Gasteiger partial charge in [0.05, 0.1) is 17.2 Å². The molecule has 0 heterocycles. The summed E-state index contributed by atoms with van der Waals surface area (Å²) in [7, 11) is -4.21. The van der Waals surface area contributed by atoms with Crippen LogP contribution < -0.4 is 14.4 Å². The zero-order chi connectivity index (χ0) is 32.4. The van der Waals surface area contributed by atoms with Gasteiger partial charge in [-0.25, -0.2) is 8.42 Å². The smallest absolute Gasteiger partial charge is 0.264 e. The van der Waals surface area contributed by atoms with Crippen LogP contribution >= 0.6 is 11.8 Å². The van der Waals surface area contributed by atoms with Gasteiger partial charge in [-0.3, -0.25) is 13.9 Å². The van der Waals surface area contributed by atoms with Gasteiger partial charge in [-0.15, -0.1) is 11.8 Å². The van der Waals surface area contributed by atoms with Crippen LogP contribution in [0.4, 0.5) is 5.69 Å². The van der Waals surface area contributed by atoms with Gasteiger partial charge in [0.1, 0.15) is 18.3 Å². The number of carbonyl (C=O) groups excluding carboxylic acids is 2. The second kappa shape index (κ2) is 16.2. The van der Waals surface area contributed by atoms with Crippen LogP contribution in [0.5, 0.6) is 5.75 Å². The fourth-order valence-electron chi connectivity index (χ4n) is 5.76. The van der Waals surface area contributed by atoms with E-state index in [0.717, 1.165) is 52.4 Å². The van der Waals surface area contributed by atoms with Gasteiger partial charge in [-0.05, 0) is 86.9 Å². The summed E-state index contributed by atoms with van der Waals surface area (Å²) < 4.78 is 35.6. The van der Waals surface area contributed by atoms with Crippen molar-refractivity contribution in [2.24, 2.45) is 0 Å². The number of sulfonamides is 1. The molecule has 4 rings (SSSR count). The van der Waals surface area contributed by atoms with E-state index in [0.29, 0.717) is 18.8 Å². The topological polar surface area (TPSA) is 96.0 Å². The van der Waals surface area contributed by atoms with E-state index in [2.05, 4.69) is 5.32 Å². The van der Waals surface area contributed by atoms with Gasteiger partial charge >= 0.3 is 0 Å². The maximum atomic E-state index is 14.5. The summed E-state index contributed by atoms with van der Waals surface area (Å²) in [5, 5.41) is 3.20. The number of carbonyl (C=O) groups is 2. The van der Waals surface area contributed by atoms with Crippen LogP contribution in [-0.2, 0) is 26.2 Å². The number of rotatable bonds is 14. The number of ether oxygens (including phenoxy) is 1. The SMILES string of the molecule is CCOc1ccccc1N(CC(=O)N(Cc1ccccc1C)[C@H](CC)C(=O)NC1CCCCC1)S(=O)(=O)c1ccc(SC)cc1. The first-order valence-corrected chi connectivity index (χ1v) is 18.4. The van der Waals surface area contributed by atoms with E-state index >= 15 is 0 Å². The van der Waals surface area contributed by atoms with Gasteiger partial charge in [-0.2, -0.15) is 0 Å². The summed E-state index contributed by atoms with van der Waals surface area (Å²) in [6, 6.07) is 20.5. The van der Waals surface area contributed by atoms with Crippen LogP contribution in [0.2, 0.25) is 0 Å². The second-order valence-corrected chi connectivity index (χ2v) is 14.0. The molecule has 0 spiro atoms. The van der Waals surface area contributed by atoms with E-state index in [9.17, 15) is 18.0 Å². The van der Waals surface area contributed by atoms with Crippen LogP contribution in [0.15, 0.2) is 82.6 Å². The van der Waals surface area contributed by atoms with Gasteiger partial charge in [0.25, 0.3) is 10.0 Å². The third kappa shape index (κ3) is 8.61. The Bertz CT molecular complexity index is 1540. The average Bonchev–Trinajstić information content (AvgIpc) is 3.05. The molecule has 1 N–H and O–H groups in total. The summed E-state index contributed by atoms with van der Waals surface area (Å²) >= 11 is 1.51. The summed E-state index contributed by atoms with van der Waals surface area (Å²) in [4.78, 5) is 30.8. The van der Waals surface area contributed by atoms with Gasteiger partial charge in [0.2, 0.25) is 11.8 Å². The molecule has 8 nitrogen and oxygen atoms in total. The first kappa shape index (κ1) is 34.4. The Balaban J connectivity index is 1.75. The molecule has 3 aromatic carbocycles. The molecule has 1 fully saturated rings. The first-order valence-electron chi connectivity index (χ1n) is 15.7. The van der Waals surface area contributed by atoms with Crippen molar-refractivity contribution in [1.82, 2.24) is 10.2 Å².